The predicted octanol–water partition coefficient (Wildman–Crippen LogP) is -9.49. The second kappa shape index (κ2) is 17.3. The predicted molar refractivity (Wildman–Crippen MR) is 15.3 cm³/mol. The van der Waals surface area contributed by atoms with Crippen molar-refractivity contribution in [1.82, 2.24) is 0 Å². The van der Waals surface area contributed by atoms with Crippen LogP contribution in [0.1, 0.15) is 0 Å². The molecule has 10 heavy (non-hydrogen) atoms. The van der Waals surface area contributed by atoms with E-state index in [9.17, 15) is 0 Å². The number of carboxylic acid groups (broad SMARTS) is 2. The van der Waals surface area contributed by atoms with Crippen molar-refractivity contribution in [3.63, 3.8) is 0 Å². The number of aliphatic carboxylic acids is 2. The van der Waals surface area contributed by atoms with Gasteiger partial charge in [-0.2, -0.15) is 0 Å². The van der Waals surface area contributed by atoms with Gasteiger partial charge in [-0.25, -0.2) is 0 Å². The molecule has 0 amide bonds. The van der Waals surface area contributed by atoms with Crippen LogP contribution >= 0.6 is 0 Å². The maximum Gasteiger partial charge on any atom is 1.00 e. The Morgan fingerprint density at radius 2 is 1.00 bits per heavy atom. The molecule has 48 valence electrons. The standard InChI is InChI=1S/C2H2O4.2K.H2O2/c3-1(4)2(5)6;;;1-2/h(H,3,4)(H,5,6);;;1-2H/q;2*+1;/p-2. The van der Waals surface area contributed by atoms with Gasteiger partial charge in [0.25, 0.3) is 0 Å². The monoisotopic (exact) mass is 200 g/mol. The van der Waals surface area contributed by atoms with Crippen LogP contribution in [0.2, 0.25) is 0 Å². The van der Waals surface area contributed by atoms with Gasteiger partial charge in [0, 0.05) is 0 Å². The summed E-state index contributed by atoms with van der Waals surface area (Å²) in [6.45, 7) is 0. The molecule has 0 bridgehead atoms. The quantitative estimate of drug-likeness (QED) is 0.173. The second-order valence-electron chi connectivity index (χ2n) is 0.575. The smallest absolute Gasteiger partial charge is 0.543 e. The molecule has 0 unspecified atom stereocenters. The van der Waals surface area contributed by atoms with Crippen LogP contribution in [0.3, 0.4) is 0 Å². The Hall–Kier alpha value is 2.13. The average molecular weight is 200 g/mol. The molecule has 0 aromatic rings. The zero-order chi connectivity index (χ0) is 7.15. The van der Waals surface area contributed by atoms with Crippen molar-refractivity contribution in [2.75, 3.05) is 0 Å². The molecular weight excluding hydrogens is 198 g/mol. The maximum atomic E-state index is 8.93. The SMILES string of the molecule is O=C([O-])C(=O)[O-].OO.[K+].[K+]. The van der Waals surface area contributed by atoms with Crippen LogP contribution in [0.5, 0.6) is 0 Å². The van der Waals surface area contributed by atoms with Crippen LogP contribution < -0.4 is 113 Å². The summed E-state index contributed by atoms with van der Waals surface area (Å²) in [6.07, 6.45) is 0. The molecule has 0 aliphatic carbocycles. The van der Waals surface area contributed by atoms with Gasteiger partial charge in [-0.1, -0.05) is 0 Å². The van der Waals surface area contributed by atoms with Crippen molar-refractivity contribution < 1.29 is 133 Å². The number of carboxylic acids is 2. The molecule has 0 aliphatic rings. The van der Waals surface area contributed by atoms with Crippen LogP contribution in [-0.2, 0) is 9.59 Å². The molecule has 0 heterocycles. The summed E-state index contributed by atoms with van der Waals surface area (Å²) in [4.78, 5) is 17.9. The van der Waals surface area contributed by atoms with E-state index in [0.717, 1.165) is 0 Å². The van der Waals surface area contributed by atoms with E-state index < -0.39 is 11.9 Å². The van der Waals surface area contributed by atoms with Crippen molar-refractivity contribution in [2.24, 2.45) is 0 Å². The zero-order valence-electron chi connectivity index (χ0n) is 5.53. The summed E-state index contributed by atoms with van der Waals surface area (Å²) in [5.74, 6) is -4.37. The number of carbonyl (C=O) groups is 2. The third kappa shape index (κ3) is 22.5. The summed E-state index contributed by atoms with van der Waals surface area (Å²) in [6, 6.07) is 0. The molecule has 0 saturated carbocycles. The summed E-state index contributed by atoms with van der Waals surface area (Å²) >= 11 is 0. The van der Waals surface area contributed by atoms with E-state index in [0.29, 0.717) is 0 Å². The third-order valence-corrected chi connectivity index (χ3v) is 0.167. The van der Waals surface area contributed by atoms with Crippen molar-refractivity contribution in [2.45, 2.75) is 0 Å². The van der Waals surface area contributed by atoms with Gasteiger partial charge in [0.05, 0.1) is 11.9 Å². The van der Waals surface area contributed by atoms with Gasteiger partial charge in [0.15, 0.2) is 0 Å². The van der Waals surface area contributed by atoms with Crippen LogP contribution in [0.25, 0.3) is 0 Å². The van der Waals surface area contributed by atoms with E-state index in [-0.39, 0.29) is 103 Å². The van der Waals surface area contributed by atoms with Crippen molar-refractivity contribution in [1.29, 1.82) is 0 Å². The zero-order valence-corrected chi connectivity index (χ0v) is 11.8. The molecule has 0 radical (unpaired) electrons. The van der Waals surface area contributed by atoms with Gasteiger partial charge >= 0.3 is 103 Å². The fraction of sp³-hybridized carbons (Fsp3) is 0. The molecule has 2 N–H and O–H groups in total. The molecule has 0 aliphatic heterocycles. The summed E-state index contributed by atoms with van der Waals surface area (Å²) in [7, 11) is 0. The third-order valence-electron chi connectivity index (χ3n) is 0.167. The number of rotatable bonds is 0. The molecule has 0 fully saturated rings. The average Bonchev–Trinajstić information content (AvgIpc) is 1.72. The second-order valence-corrected chi connectivity index (χ2v) is 0.575. The number of hydrogen-bond donors (Lipinski definition) is 2. The summed E-state index contributed by atoms with van der Waals surface area (Å²) in [5, 5.41) is 29.9. The molecular formula is C2H2K2O6. The van der Waals surface area contributed by atoms with E-state index in [2.05, 4.69) is 0 Å². The first-order valence-corrected chi connectivity index (χ1v) is 1.27. The van der Waals surface area contributed by atoms with Gasteiger partial charge in [0.2, 0.25) is 0 Å². The van der Waals surface area contributed by atoms with Gasteiger partial charge in [-0.3, -0.25) is 10.5 Å². The first-order valence-electron chi connectivity index (χ1n) is 1.27. The van der Waals surface area contributed by atoms with E-state index in [1.807, 2.05) is 0 Å². The Balaban J connectivity index is -0.0000000412. The molecule has 0 aromatic carbocycles. The largest absolute Gasteiger partial charge is 1.00 e. The molecule has 0 rings (SSSR count). The minimum atomic E-state index is -2.19. The summed E-state index contributed by atoms with van der Waals surface area (Å²) < 4.78 is 0. The molecule has 6 nitrogen and oxygen atoms in total. The van der Waals surface area contributed by atoms with Crippen LogP contribution in [0, 0.1) is 0 Å². The normalized spacial score (nSPS) is 5.00. The maximum absolute atomic E-state index is 8.93. The van der Waals surface area contributed by atoms with Crippen LogP contribution in [0.4, 0.5) is 0 Å². The van der Waals surface area contributed by atoms with E-state index in [1.165, 1.54) is 0 Å². The van der Waals surface area contributed by atoms with Crippen LogP contribution in [0.15, 0.2) is 0 Å². The topological polar surface area (TPSA) is 121 Å². The number of hydrogen-bond acceptors (Lipinski definition) is 6. The van der Waals surface area contributed by atoms with Gasteiger partial charge in [-0.15, -0.1) is 0 Å². The molecule has 8 heteroatoms. The minimum Gasteiger partial charge on any atom is -0.543 e. The van der Waals surface area contributed by atoms with Gasteiger partial charge < -0.3 is 19.8 Å². The van der Waals surface area contributed by atoms with Gasteiger partial charge in [-0.05, 0) is 0 Å². The molecule has 0 saturated heterocycles. The van der Waals surface area contributed by atoms with E-state index in [4.69, 9.17) is 30.3 Å². The van der Waals surface area contributed by atoms with Crippen molar-refractivity contribution >= 4 is 11.9 Å². The first-order chi connectivity index (χ1) is 3.64. The molecule has 0 atom stereocenters. The van der Waals surface area contributed by atoms with Gasteiger partial charge in [0.1, 0.15) is 0 Å². The Kier molecular flexibility index (Phi) is 39.3. The summed E-state index contributed by atoms with van der Waals surface area (Å²) in [5.41, 5.74) is 0. The Labute approximate surface area is 141 Å². The van der Waals surface area contributed by atoms with E-state index in [1.54, 1.807) is 0 Å². The van der Waals surface area contributed by atoms with Crippen LogP contribution in [-0.4, -0.2) is 22.5 Å². The Bertz CT molecular complexity index is 79.7. The fourth-order valence-electron chi connectivity index (χ4n) is 0. The Morgan fingerprint density at radius 1 is 0.900 bits per heavy atom. The number of carbonyl (C=O) groups excluding carboxylic acids is 2. The molecule has 0 aromatic heterocycles. The first kappa shape index (κ1) is 22.7. The van der Waals surface area contributed by atoms with E-state index >= 15 is 0 Å². The van der Waals surface area contributed by atoms with Crippen molar-refractivity contribution in [3.8, 4) is 0 Å². The minimum absolute atomic E-state index is 0. The van der Waals surface area contributed by atoms with Crippen molar-refractivity contribution in [3.05, 3.63) is 0 Å². The molecule has 0 spiro atoms. The Morgan fingerprint density at radius 3 is 1.00 bits per heavy atom. The fourth-order valence-corrected chi connectivity index (χ4v) is 0.